The first-order chi connectivity index (χ1) is 13.2. The van der Waals surface area contributed by atoms with E-state index in [2.05, 4.69) is 18.4 Å². The first kappa shape index (κ1) is 18.5. The summed E-state index contributed by atoms with van der Waals surface area (Å²) in [6.45, 7) is 3.34. The zero-order valence-corrected chi connectivity index (χ0v) is 17.1. The Morgan fingerprint density at radius 3 is 2.81 bits per heavy atom. The second kappa shape index (κ2) is 8.00. The van der Waals surface area contributed by atoms with Gasteiger partial charge in [0.05, 0.1) is 22.9 Å². The van der Waals surface area contributed by atoms with E-state index >= 15 is 0 Å². The van der Waals surface area contributed by atoms with Crippen LogP contribution in [0.5, 0.6) is 0 Å². The Morgan fingerprint density at radius 2 is 2.11 bits per heavy atom. The van der Waals surface area contributed by atoms with Gasteiger partial charge in [0.1, 0.15) is 0 Å². The summed E-state index contributed by atoms with van der Waals surface area (Å²) in [5, 5.41) is 0.743. The van der Waals surface area contributed by atoms with Crippen molar-refractivity contribution in [3.05, 3.63) is 53.6 Å². The molecule has 4 nitrogen and oxygen atoms in total. The van der Waals surface area contributed by atoms with Crippen LogP contribution in [-0.2, 0) is 4.74 Å². The Labute approximate surface area is 167 Å². The third-order valence-corrected chi connectivity index (χ3v) is 6.59. The molecule has 3 aromatic rings. The summed E-state index contributed by atoms with van der Waals surface area (Å²) in [7, 11) is 0. The smallest absolute Gasteiger partial charge is 0.260 e. The Hall–Kier alpha value is -1.89. The van der Waals surface area contributed by atoms with Crippen molar-refractivity contribution in [2.24, 2.45) is 0 Å². The van der Waals surface area contributed by atoms with E-state index in [0.717, 1.165) is 45.3 Å². The fraction of sp³-hybridized carbons (Fsp3) is 0.333. The van der Waals surface area contributed by atoms with Gasteiger partial charge >= 0.3 is 0 Å². The number of carbonyl (C=O) groups excluding carboxylic acids is 1. The number of thioether (sulfide) groups is 1. The van der Waals surface area contributed by atoms with Gasteiger partial charge in [-0.15, -0.1) is 11.8 Å². The molecule has 1 aliphatic heterocycles. The van der Waals surface area contributed by atoms with Crippen LogP contribution in [0.15, 0.2) is 47.4 Å². The highest BCUT2D eigenvalue weighted by Gasteiger charge is 2.27. The standard InChI is InChI=1S/C21H22N2O2S2/c1-14-8-10-15(11-9-14)20(24)23(13-16-5-4-12-25-16)21-22-19-17(26-2)6-3-7-18(19)27-21/h3,6-11,16H,4-5,12-13H2,1-2H3/t16-/m1/s1. The first-order valence-corrected chi connectivity index (χ1v) is 11.1. The van der Waals surface area contributed by atoms with Crippen molar-refractivity contribution in [3.63, 3.8) is 0 Å². The molecule has 1 saturated heterocycles. The van der Waals surface area contributed by atoms with Gasteiger partial charge in [0, 0.05) is 17.1 Å². The fourth-order valence-electron chi connectivity index (χ4n) is 3.28. The number of fused-ring (bicyclic) bond motifs is 1. The van der Waals surface area contributed by atoms with Crippen molar-refractivity contribution in [2.45, 2.75) is 30.8 Å². The van der Waals surface area contributed by atoms with Gasteiger partial charge in [-0.2, -0.15) is 0 Å². The van der Waals surface area contributed by atoms with E-state index in [9.17, 15) is 4.79 Å². The maximum absolute atomic E-state index is 13.3. The number of amides is 1. The topological polar surface area (TPSA) is 42.4 Å². The molecule has 1 atom stereocenters. The first-order valence-electron chi connectivity index (χ1n) is 9.09. The number of hydrogen-bond donors (Lipinski definition) is 0. The number of para-hydroxylation sites is 1. The number of aryl methyl sites for hydroxylation is 1. The van der Waals surface area contributed by atoms with Crippen LogP contribution < -0.4 is 4.90 Å². The number of aromatic nitrogens is 1. The molecule has 1 fully saturated rings. The summed E-state index contributed by atoms with van der Waals surface area (Å²) < 4.78 is 6.91. The predicted molar refractivity (Wildman–Crippen MR) is 113 cm³/mol. The van der Waals surface area contributed by atoms with E-state index in [4.69, 9.17) is 9.72 Å². The quantitative estimate of drug-likeness (QED) is 0.557. The van der Waals surface area contributed by atoms with Crippen LogP contribution in [-0.4, -0.2) is 36.4 Å². The van der Waals surface area contributed by atoms with Gasteiger partial charge < -0.3 is 4.74 Å². The lowest BCUT2D eigenvalue weighted by atomic mass is 10.1. The highest BCUT2D eigenvalue weighted by molar-refractivity contribution is 7.98. The van der Waals surface area contributed by atoms with Gasteiger partial charge in [-0.05, 0) is 50.3 Å². The lowest BCUT2D eigenvalue weighted by Crippen LogP contribution is -2.37. The number of benzene rings is 2. The second-order valence-electron chi connectivity index (χ2n) is 6.72. The highest BCUT2D eigenvalue weighted by atomic mass is 32.2. The van der Waals surface area contributed by atoms with E-state index < -0.39 is 0 Å². The number of ether oxygens (including phenoxy) is 1. The van der Waals surface area contributed by atoms with Crippen LogP contribution in [0.4, 0.5) is 5.13 Å². The lowest BCUT2D eigenvalue weighted by Gasteiger charge is -2.23. The van der Waals surface area contributed by atoms with Crippen LogP contribution in [0.1, 0.15) is 28.8 Å². The molecule has 0 unspecified atom stereocenters. The molecule has 0 bridgehead atoms. The summed E-state index contributed by atoms with van der Waals surface area (Å²) in [6, 6.07) is 13.9. The molecule has 27 heavy (non-hydrogen) atoms. The molecule has 0 aliphatic carbocycles. The number of anilines is 1. The SMILES string of the molecule is CSc1cccc2sc(N(C[C@H]3CCCO3)C(=O)c3ccc(C)cc3)nc12. The summed E-state index contributed by atoms with van der Waals surface area (Å²) in [5.74, 6) is -0.0183. The van der Waals surface area contributed by atoms with E-state index in [1.54, 1.807) is 28.0 Å². The monoisotopic (exact) mass is 398 g/mol. The Morgan fingerprint density at radius 1 is 1.30 bits per heavy atom. The number of nitrogens with zero attached hydrogens (tertiary/aromatic N) is 2. The van der Waals surface area contributed by atoms with E-state index in [0.29, 0.717) is 12.1 Å². The summed E-state index contributed by atoms with van der Waals surface area (Å²) in [6.07, 6.45) is 4.16. The van der Waals surface area contributed by atoms with E-state index in [-0.39, 0.29) is 12.0 Å². The number of hydrogen-bond acceptors (Lipinski definition) is 5. The molecule has 140 valence electrons. The molecule has 1 aromatic heterocycles. The van der Waals surface area contributed by atoms with Crippen LogP contribution in [0.3, 0.4) is 0 Å². The highest BCUT2D eigenvalue weighted by Crippen LogP contribution is 2.35. The third kappa shape index (κ3) is 3.88. The summed E-state index contributed by atoms with van der Waals surface area (Å²) in [5.41, 5.74) is 2.80. The number of thiazole rings is 1. The van der Waals surface area contributed by atoms with E-state index in [1.165, 1.54) is 0 Å². The second-order valence-corrected chi connectivity index (χ2v) is 8.58. The van der Waals surface area contributed by atoms with Crippen LogP contribution in [0.2, 0.25) is 0 Å². The van der Waals surface area contributed by atoms with Crippen molar-refractivity contribution in [1.82, 2.24) is 4.98 Å². The summed E-state index contributed by atoms with van der Waals surface area (Å²) >= 11 is 3.25. The van der Waals surface area contributed by atoms with Crippen LogP contribution in [0, 0.1) is 6.92 Å². The molecule has 0 spiro atoms. The van der Waals surface area contributed by atoms with Crippen molar-refractivity contribution in [2.75, 3.05) is 24.3 Å². The average molecular weight is 399 g/mol. The van der Waals surface area contributed by atoms with E-state index in [1.807, 2.05) is 37.3 Å². The Bertz CT molecular complexity index is 946. The van der Waals surface area contributed by atoms with Gasteiger partial charge in [-0.1, -0.05) is 35.1 Å². The molecule has 1 aliphatic rings. The zero-order valence-electron chi connectivity index (χ0n) is 15.5. The maximum Gasteiger partial charge on any atom is 0.260 e. The lowest BCUT2D eigenvalue weighted by molar-refractivity contribution is 0.0917. The molecule has 0 radical (unpaired) electrons. The predicted octanol–water partition coefficient (Wildman–Crippen LogP) is 5.15. The molecule has 2 aromatic carbocycles. The number of rotatable bonds is 5. The zero-order chi connectivity index (χ0) is 18.8. The average Bonchev–Trinajstić information content (AvgIpc) is 3.35. The van der Waals surface area contributed by atoms with Crippen molar-refractivity contribution in [3.8, 4) is 0 Å². The Kier molecular flexibility index (Phi) is 5.48. The maximum atomic E-state index is 13.3. The fourth-order valence-corrected chi connectivity index (χ4v) is 4.91. The molecule has 0 saturated carbocycles. The minimum absolute atomic E-state index is 0.0183. The molecule has 0 N–H and O–H groups in total. The largest absolute Gasteiger partial charge is 0.376 e. The van der Waals surface area contributed by atoms with Crippen LogP contribution in [0.25, 0.3) is 10.2 Å². The molecular formula is C21H22N2O2S2. The molecule has 2 heterocycles. The van der Waals surface area contributed by atoms with Crippen molar-refractivity contribution < 1.29 is 9.53 Å². The molecule has 1 amide bonds. The molecule has 4 rings (SSSR count). The molecule has 6 heteroatoms. The van der Waals surface area contributed by atoms with Crippen molar-refractivity contribution in [1.29, 1.82) is 0 Å². The normalized spacial score (nSPS) is 16.7. The van der Waals surface area contributed by atoms with Crippen LogP contribution >= 0.6 is 23.1 Å². The van der Waals surface area contributed by atoms with Gasteiger partial charge in [0.25, 0.3) is 5.91 Å². The van der Waals surface area contributed by atoms with Gasteiger partial charge in [-0.25, -0.2) is 4.98 Å². The van der Waals surface area contributed by atoms with Crippen molar-refractivity contribution >= 4 is 44.4 Å². The summed E-state index contributed by atoms with van der Waals surface area (Å²) in [4.78, 5) is 21.1. The Balaban J connectivity index is 1.73. The third-order valence-electron chi connectivity index (χ3n) is 4.78. The van der Waals surface area contributed by atoms with Gasteiger partial charge in [-0.3, -0.25) is 9.69 Å². The minimum atomic E-state index is -0.0183. The van der Waals surface area contributed by atoms with Gasteiger partial charge in [0.15, 0.2) is 5.13 Å². The minimum Gasteiger partial charge on any atom is -0.376 e. The van der Waals surface area contributed by atoms with Gasteiger partial charge in [0.2, 0.25) is 0 Å². The molecular weight excluding hydrogens is 376 g/mol. The number of carbonyl (C=O) groups is 1.